The number of aromatic hydroxyl groups is 2. The second kappa shape index (κ2) is 16.4. The molecule has 0 aliphatic carbocycles. The number of hydrogen-bond acceptors (Lipinski definition) is 12. The van der Waals surface area contributed by atoms with Crippen molar-refractivity contribution in [3.05, 3.63) is 70.8 Å². The Hall–Kier alpha value is -3.04. The zero-order chi connectivity index (χ0) is 47.1. The molecular weight excluding hydrogens is 939 g/mol. The lowest BCUT2D eigenvalue weighted by Gasteiger charge is -2.27. The van der Waals surface area contributed by atoms with Crippen molar-refractivity contribution in [3.8, 4) is 23.0 Å². The van der Waals surface area contributed by atoms with E-state index in [2.05, 4.69) is 0 Å². The minimum Gasteiger partial charge on any atom is -0.506 e. The van der Waals surface area contributed by atoms with Gasteiger partial charge < -0.3 is 18.6 Å². The Labute approximate surface area is 375 Å². The number of fused-ring (bicyclic) bond motifs is 8. The Morgan fingerprint density at radius 2 is 0.565 bits per heavy atom. The minimum atomic E-state index is -6.44. The fourth-order valence-corrected chi connectivity index (χ4v) is 11.3. The van der Waals surface area contributed by atoms with E-state index in [0.29, 0.717) is 57.5 Å². The van der Waals surface area contributed by atoms with Gasteiger partial charge in [0.05, 0.1) is 39.2 Å². The maximum Gasteiger partial charge on any atom is 0.534 e. The second-order valence-corrected chi connectivity index (χ2v) is 26.0. The van der Waals surface area contributed by atoms with Gasteiger partial charge in [-0.2, -0.15) is 43.2 Å². The van der Waals surface area contributed by atoms with Gasteiger partial charge in [0, 0.05) is 0 Å². The standard InChI is InChI=1S/C42H46F6O8S6/c1-37(2,3)21-13-25-33(49)27(15-21)58-29-17-23(39(7,8)9)19-31(35(29)55-61(51,52)41(43,44)45)60-32-20-24(40(10,11)12)18-30(36(32)56-62(53,54)42(46,47)48)59-28-16-22(38(4,5)6)14-26(57-25)34(28)50/h13-20,49-50H,1-12H3. The number of rotatable bonds is 4. The van der Waals surface area contributed by atoms with Crippen molar-refractivity contribution in [2.45, 2.75) is 155 Å². The molecular formula is C42H46F6O8S6. The largest absolute Gasteiger partial charge is 0.534 e. The highest BCUT2D eigenvalue weighted by molar-refractivity contribution is 8.01. The Balaban J connectivity index is 2.06. The Morgan fingerprint density at radius 3 is 0.758 bits per heavy atom. The van der Waals surface area contributed by atoms with Gasteiger partial charge in [-0.15, -0.1) is 0 Å². The molecule has 8 bridgehead atoms. The first-order chi connectivity index (χ1) is 27.8. The van der Waals surface area contributed by atoms with E-state index in [1.165, 1.54) is 24.3 Å². The van der Waals surface area contributed by atoms with Crippen molar-refractivity contribution in [2.24, 2.45) is 0 Å². The third-order valence-corrected chi connectivity index (χ3v) is 15.5. The maximum atomic E-state index is 14.2. The van der Waals surface area contributed by atoms with E-state index >= 15 is 0 Å². The first-order valence-electron chi connectivity index (χ1n) is 18.6. The van der Waals surface area contributed by atoms with E-state index in [0.717, 1.165) is 11.8 Å². The molecule has 4 aromatic rings. The molecule has 4 aromatic carbocycles. The molecule has 8 nitrogen and oxygen atoms in total. The van der Waals surface area contributed by atoms with E-state index in [9.17, 15) is 53.4 Å². The van der Waals surface area contributed by atoms with Crippen molar-refractivity contribution >= 4 is 67.3 Å². The highest BCUT2D eigenvalue weighted by Gasteiger charge is 2.50. The summed E-state index contributed by atoms with van der Waals surface area (Å²) >= 11 is 2.71. The van der Waals surface area contributed by atoms with Crippen LogP contribution < -0.4 is 8.37 Å². The molecule has 5 rings (SSSR count). The fourth-order valence-electron chi connectivity index (χ4n) is 5.62. The summed E-state index contributed by atoms with van der Waals surface area (Å²) in [4.78, 5) is -0.757. The van der Waals surface area contributed by atoms with Crippen LogP contribution in [0.5, 0.6) is 23.0 Å². The summed E-state index contributed by atoms with van der Waals surface area (Å²) < 4.78 is 147. The number of halogens is 6. The number of phenols is 2. The van der Waals surface area contributed by atoms with Crippen LogP contribution in [-0.2, 0) is 41.9 Å². The molecule has 0 unspecified atom stereocenters. The molecule has 0 spiro atoms. The molecule has 0 fully saturated rings. The van der Waals surface area contributed by atoms with Gasteiger partial charge in [-0.1, -0.05) is 130 Å². The Morgan fingerprint density at radius 1 is 0.387 bits per heavy atom. The highest BCUT2D eigenvalue weighted by Crippen LogP contribution is 2.56. The first-order valence-corrected chi connectivity index (χ1v) is 24.7. The predicted octanol–water partition coefficient (Wildman–Crippen LogP) is 13.7. The third kappa shape index (κ3) is 10.7. The smallest absolute Gasteiger partial charge is 0.506 e. The van der Waals surface area contributed by atoms with Crippen LogP contribution in [0.3, 0.4) is 0 Å². The van der Waals surface area contributed by atoms with E-state index < -0.39 is 64.4 Å². The molecule has 0 radical (unpaired) electrons. The van der Waals surface area contributed by atoms with E-state index in [-0.39, 0.29) is 50.7 Å². The molecule has 0 amide bonds. The topological polar surface area (TPSA) is 127 Å². The first kappa shape index (κ1) is 50.0. The Kier molecular flexibility index (Phi) is 13.2. The van der Waals surface area contributed by atoms with Crippen LogP contribution in [0.4, 0.5) is 26.3 Å². The summed E-state index contributed by atoms with van der Waals surface area (Å²) in [6, 6.07) is 11.9. The fraction of sp³-hybridized carbons (Fsp3) is 0.429. The lowest BCUT2D eigenvalue weighted by molar-refractivity contribution is -0.0506. The lowest BCUT2D eigenvalue weighted by atomic mass is 9.87. The average molecular weight is 985 g/mol. The van der Waals surface area contributed by atoms with Crippen molar-refractivity contribution in [1.82, 2.24) is 0 Å². The summed E-state index contributed by atoms with van der Waals surface area (Å²) in [7, 11) is -12.9. The van der Waals surface area contributed by atoms with Gasteiger partial charge in [-0.3, -0.25) is 0 Å². The van der Waals surface area contributed by atoms with Crippen LogP contribution in [0.1, 0.15) is 105 Å². The van der Waals surface area contributed by atoms with Gasteiger partial charge in [0.15, 0.2) is 11.5 Å². The molecule has 62 heavy (non-hydrogen) atoms. The summed E-state index contributed by atoms with van der Waals surface area (Å²) in [6.45, 7) is 21.8. The zero-order valence-corrected chi connectivity index (χ0v) is 40.6. The normalized spacial score (nSPS) is 14.7. The van der Waals surface area contributed by atoms with Crippen LogP contribution in [0, 0.1) is 0 Å². The van der Waals surface area contributed by atoms with Gasteiger partial charge in [0.25, 0.3) is 0 Å². The zero-order valence-electron chi connectivity index (χ0n) is 35.7. The van der Waals surface area contributed by atoms with Gasteiger partial charge >= 0.3 is 31.3 Å². The molecule has 20 heteroatoms. The molecule has 1 aliphatic rings. The van der Waals surface area contributed by atoms with Gasteiger partial charge in [0.2, 0.25) is 0 Å². The third-order valence-electron chi connectivity index (χ3n) is 9.42. The summed E-state index contributed by atoms with van der Waals surface area (Å²) in [5.74, 6) is -2.51. The maximum absolute atomic E-state index is 14.2. The van der Waals surface area contributed by atoms with Crippen molar-refractivity contribution < 1.29 is 61.8 Å². The molecule has 0 atom stereocenters. The van der Waals surface area contributed by atoms with Gasteiger partial charge in [-0.25, -0.2) is 0 Å². The number of hydrogen-bond donors (Lipinski definition) is 2. The van der Waals surface area contributed by atoms with Crippen molar-refractivity contribution in [2.75, 3.05) is 0 Å². The Bertz CT molecular complexity index is 2470. The monoisotopic (exact) mass is 984 g/mol. The van der Waals surface area contributed by atoms with Gasteiger partial charge in [0.1, 0.15) is 11.5 Å². The van der Waals surface area contributed by atoms with Crippen LogP contribution in [0.2, 0.25) is 0 Å². The molecule has 0 saturated heterocycles. The van der Waals surface area contributed by atoms with E-state index in [1.807, 2.05) is 41.5 Å². The second-order valence-electron chi connectivity index (χ2n) is 18.6. The molecule has 0 aromatic heterocycles. The molecule has 340 valence electrons. The van der Waals surface area contributed by atoms with E-state index in [4.69, 9.17) is 8.37 Å². The highest BCUT2D eigenvalue weighted by atomic mass is 32.2. The number of benzene rings is 4. The molecule has 1 aliphatic heterocycles. The molecule has 0 saturated carbocycles. The molecule has 2 N–H and O–H groups in total. The SMILES string of the molecule is CC(C)(C)c1cc2c(O)c(c1)Sc1cc(C(C)(C)C)cc(c1OS(=O)(=O)C(F)(F)F)Sc1cc(C(C)(C)C)cc(c1OS(=O)(=O)C(F)(F)F)Sc1cc(C(C)(C)C)cc(c1O)S2. The van der Waals surface area contributed by atoms with Crippen molar-refractivity contribution in [3.63, 3.8) is 0 Å². The van der Waals surface area contributed by atoms with Gasteiger partial charge in [-0.05, 0) is 92.4 Å². The van der Waals surface area contributed by atoms with Crippen molar-refractivity contribution in [1.29, 1.82) is 0 Å². The quantitative estimate of drug-likeness (QED) is 0.101. The summed E-state index contributed by atoms with van der Waals surface area (Å²) in [6.07, 6.45) is 0. The van der Waals surface area contributed by atoms with Crippen LogP contribution in [0.15, 0.2) is 87.7 Å². The number of alkyl halides is 6. The summed E-state index contributed by atoms with van der Waals surface area (Å²) in [5.41, 5.74) is -12.6. The average Bonchev–Trinajstić information content (AvgIpc) is 3.07. The van der Waals surface area contributed by atoms with Crippen LogP contribution in [-0.4, -0.2) is 38.1 Å². The number of phenolic OH excluding ortho intramolecular Hbond substituents is 2. The predicted molar refractivity (Wildman–Crippen MR) is 232 cm³/mol. The van der Waals surface area contributed by atoms with Crippen LogP contribution >= 0.6 is 47.0 Å². The minimum absolute atomic E-state index is 0.0571. The van der Waals surface area contributed by atoms with E-state index in [1.54, 1.807) is 65.8 Å². The molecule has 1 heterocycles. The summed E-state index contributed by atoms with van der Waals surface area (Å²) in [5, 5.41) is 24.0. The lowest BCUT2D eigenvalue weighted by Crippen LogP contribution is -2.28. The van der Waals surface area contributed by atoms with Crippen LogP contribution in [0.25, 0.3) is 0 Å².